The van der Waals surface area contributed by atoms with Crippen molar-refractivity contribution in [1.82, 2.24) is 19.5 Å². The first-order chi connectivity index (χ1) is 9.63. The number of nitrogens with one attached hydrogen (secondary N) is 1. The van der Waals surface area contributed by atoms with Crippen LogP contribution in [0.3, 0.4) is 0 Å². The monoisotopic (exact) mass is 299 g/mol. The lowest BCUT2D eigenvalue weighted by Crippen LogP contribution is -2.24. The number of anilines is 1. The first kappa shape index (κ1) is 13.5. The lowest BCUT2D eigenvalue weighted by Gasteiger charge is -2.14. The molecule has 108 valence electrons. The summed E-state index contributed by atoms with van der Waals surface area (Å²) >= 11 is 6.12. The molecule has 3 N–H and O–H groups in total. The Bertz CT molecular complexity index is 634. The predicted molar refractivity (Wildman–Crippen MR) is 71.5 cm³/mol. The number of hydrogen-bond donors (Lipinski definition) is 3. The summed E-state index contributed by atoms with van der Waals surface area (Å²) in [6, 6.07) is 0. The normalized spacial score (nSPS) is 26.3. The number of fused-ring (bicyclic) bond motifs is 1. The molecule has 8 nitrogen and oxygen atoms in total. The van der Waals surface area contributed by atoms with E-state index in [0.29, 0.717) is 23.5 Å². The fourth-order valence-corrected chi connectivity index (χ4v) is 2.56. The Labute approximate surface area is 119 Å². The SMILES string of the molecule is CNc1ncc2nc(Cl)n([C@@H]3C[C@@H](O)[C@H](CO)O3)c2n1. The van der Waals surface area contributed by atoms with Crippen molar-refractivity contribution in [2.45, 2.75) is 24.9 Å². The molecule has 0 spiro atoms. The van der Waals surface area contributed by atoms with Crippen LogP contribution in [0.1, 0.15) is 12.6 Å². The number of aliphatic hydroxyl groups is 2. The molecule has 20 heavy (non-hydrogen) atoms. The molecule has 1 fully saturated rings. The van der Waals surface area contributed by atoms with Crippen molar-refractivity contribution in [3.05, 3.63) is 11.5 Å². The quantitative estimate of drug-likeness (QED) is 0.693. The van der Waals surface area contributed by atoms with E-state index in [1.165, 1.54) is 0 Å². The van der Waals surface area contributed by atoms with Crippen molar-refractivity contribution < 1.29 is 14.9 Å². The molecule has 0 unspecified atom stereocenters. The minimum atomic E-state index is -0.746. The molecule has 0 bridgehead atoms. The Hall–Kier alpha value is -1.48. The van der Waals surface area contributed by atoms with Crippen LogP contribution < -0.4 is 5.32 Å². The number of aromatic nitrogens is 4. The molecule has 3 atom stereocenters. The Morgan fingerprint density at radius 3 is 3.00 bits per heavy atom. The van der Waals surface area contributed by atoms with Crippen LogP contribution in [0, 0.1) is 0 Å². The van der Waals surface area contributed by atoms with Gasteiger partial charge in [-0.05, 0) is 11.6 Å². The number of aliphatic hydroxyl groups excluding tert-OH is 2. The van der Waals surface area contributed by atoms with Crippen LogP contribution in [0.4, 0.5) is 5.95 Å². The van der Waals surface area contributed by atoms with Gasteiger partial charge < -0.3 is 20.3 Å². The maximum atomic E-state index is 9.81. The van der Waals surface area contributed by atoms with Crippen LogP contribution in [-0.4, -0.2) is 55.6 Å². The zero-order valence-electron chi connectivity index (χ0n) is 10.7. The van der Waals surface area contributed by atoms with Crippen molar-refractivity contribution >= 4 is 28.7 Å². The number of hydrogen-bond acceptors (Lipinski definition) is 7. The summed E-state index contributed by atoms with van der Waals surface area (Å²) in [7, 11) is 1.71. The first-order valence-corrected chi connectivity index (χ1v) is 6.54. The summed E-state index contributed by atoms with van der Waals surface area (Å²) < 4.78 is 7.18. The molecule has 2 aromatic heterocycles. The Morgan fingerprint density at radius 1 is 1.55 bits per heavy atom. The number of halogens is 1. The Balaban J connectivity index is 2.04. The average Bonchev–Trinajstić information content (AvgIpc) is 2.96. The van der Waals surface area contributed by atoms with Gasteiger partial charge in [-0.25, -0.2) is 9.97 Å². The van der Waals surface area contributed by atoms with Crippen LogP contribution in [-0.2, 0) is 4.74 Å². The van der Waals surface area contributed by atoms with Gasteiger partial charge in [0.1, 0.15) is 17.8 Å². The zero-order valence-corrected chi connectivity index (χ0v) is 11.4. The first-order valence-electron chi connectivity index (χ1n) is 6.16. The molecular weight excluding hydrogens is 286 g/mol. The highest BCUT2D eigenvalue weighted by molar-refractivity contribution is 6.29. The molecule has 3 rings (SSSR count). The molecule has 0 aromatic carbocycles. The van der Waals surface area contributed by atoms with Crippen LogP contribution in [0.25, 0.3) is 11.2 Å². The summed E-state index contributed by atoms with van der Waals surface area (Å²) in [4.78, 5) is 12.5. The van der Waals surface area contributed by atoms with Gasteiger partial charge in [-0.2, -0.15) is 4.98 Å². The molecule has 2 aromatic rings. The molecule has 3 heterocycles. The maximum absolute atomic E-state index is 9.81. The van der Waals surface area contributed by atoms with Crippen LogP contribution >= 0.6 is 11.6 Å². The molecule has 0 aliphatic carbocycles. The van der Waals surface area contributed by atoms with Gasteiger partial charge in [-0.1, -0.05) is 0 Å². The summed E-state index contributed by atoms with van der Waals surface area (Å²) in [5.74, 6) is 0.438. The summed E-state index contributed by atoms with van der Waals surface area (Å²) in [5, 5.41) is 22.0. The minimum Gasteiger partial charge on any atom is -0.394 e. The van der Waals surface area contributed by atoms with Crippen LogP contribution in [0.5, 0.6) is 0 Å². The third-order valence-corrected chi connectivity index (χ3v) is 3.55. The molecular formula is C11H14ClN5O3. The van der Waals surface area contributed by atoms with Crippen molar-refractivity contribution in [3.63, 3.8) is 0 Å². The second-order valence-corrected chi connectivity index (χ2v) is 4.86. The van der Waals surface area contributed by atoms with E-state index >= 15 is 0 Å². The van der Waals surface area contributed by atoms with Gasteiger partial charge in [0, 0.05) is 13.5 Å². The Morgan fingerprint density at radius 2 is 2.35 bits per heavy atom. The number of imidazole rings is 1. The van der Waals surface area contributed by atoms with Gasteiger partial charge in [-0.3, -0.25) is 4.57 Å². The van der Waals surface area contributed by atoms with E-state index in [9.17, 15) is 5.11 Å². The zero-order chi connectivity index (χ0) is 14.3. The van der Waals surface area contributed by atoms with Gasteiger partial charge in [0.2, 0.25) is 11.2 Å². The lowest BCUT2D eigenvalue weighted by molar-refractivity contribution is -0.0431. The standard InChI is InChI=1S/C11H14ClN5O3/c1-13-11-14-3-5-9(16-11)17(10(12)15-5)8-2-6(19)7(4-18)20-8/h3,6-8,18-19H,2,4H2,1H3,(H,13,14,16)/t6-,7+,8+/m1/s1. The minimum absolute atomic E-state index is 0.207. The number of rotatable bonds is 3. The van der Waals surface area contributed by atoms with E-state index in [0.717, 1.165) is 0 Å². The largest absolute Gasteiger partial charge is 0.394 e. The maximum Gasteiger partial charge on any atom is 0.224 e. The summed E-state index contributed by atoms with van der Waals surface area (Å²) in [5.41, 5.74) is 1.06. The van der Waals surface area contributed by atoms with Gasteiger partial charge in [0.15, 0.2) is 5.65 Å². The van der Waals surface area contributed by atoms with Gasteiger partial charge >= 0.3 is 0 Å². The van der Waals surface area contributed by atoms with Crippen molar-refractivity contribution in [1.29, 1.82) is 0 Å². The number of ether oxygens (including phenoxy) is 1. The Kier molecular flexibility index (Phi) is 3.47. The third kappa shape index (κ3) is 2.10. The predicted octanol–water partition coefficient (Wildman–Crippen LogP) is 0.162. The highest BCUT2D eigenvalue weighted by Gasteiger charge is 2.36. The molecule has 1 aliphatic rings. The van der Waals surface area contributed by atoms with Gasteiger partial charge in [-0.15, -0.1) is 0 Å². The summed E-state index contributed by atoms with van der Waals surface area (Å²) in [6.45, 7) is -0.251. The van der Waals surface area contributed by atoms with E-state index in [1.54, 1.807) is 17.8 Å². The van der Waals surface area contributed by atoms with E-state index in [4.69, 9.17) is 21.4 Å². The summed E-state index contributed by atoms with van der Waals surface area (Å²) in [6.07, 6.45) is -0.0108. The lowest BCUT2D eigenvalue weighted by atomic mass is 10.2. The molecule has 9 heteroatoms. The van der Waals surface area contributed by atoms with Crippen molar-refractivity contribution in [2.75, 3.05) is 19.0 Å². The smallest absolute Gasteiger partial charge is 0.224 e. The molecule has 0 saturated carbocycles. The second kappa shape index (κ2) is 5.13. The average molecular weight is 300 g/mol. The molecule has 0 radical (unpaired) electrons. The van der Waals surface area contributed by atoms with E-state index in [1.807, 2.05) is 0 Å². The van der Waals surface area contributed by atoms with E-state index in [-0.39, 0.29) is 11.9 Å². The van der Waals surface area contributed by atoms with Gasteiger partial charge in [0.25, 0.3) is 0 Å². The highest BCUT2D eigenvalue weighted by atomic mass is 35.5. The fraction of sp³-hybridized carbons (Fsp3) is 0.545. The molecule has 1 aliphatic heterocycles. The molecule has 0 amide bonds. The van der Waals surface area contributed by atoms with Gasteiger partial charge in [0.05, 0.1) is 18.9 Å². The fourth-order valence-electron chi connectivity index (χ4n) is 2.28. The van der Waals surface area contributed by atoms with Crippen LogP contribution in [0.15, 0.2) is 6.20 Å². The second-order valence-electron chi connectivity index (χ2n) is 4.52. The highest BCUT2D eigenvalue weighted by Crippen LogP contribution is 2.33. The van der Waals surface area contributed by atoms with Crippen molar-refractivity contribution in [3.8, 4) is 0 Å². The topological polar surface area (TPSA) is 105 Å². The van der Waals surface area contributed by atoms with E-state index < -0.39 is 18.4 Å². The van der Waals surface area contributed by atoms with E-state index in [2.05, 4.69) is 20.3 Å². The van der Waals surface area contributed by atoms with Crippen molar-refractivity contribution in [2.24, 2.45) is 0 Å². The van der Waals surface area contributed by atoms with Crippen LogP contribution in [0.2, 0.25) is 5.28 Å². The third-order valence-electron chi connectivity index (χ3n) is 3.29. The number of nitrogens with zero attached hydrogens (tertiary/aromatic N) is 4. The molecule has 1 saturated heterocycles.